The van der Waals surface area contributed by atoms with Crippen LogP contribution >= 0.6 is 0 Å². The van der Waals surface area contributed by atoms with Crippen molar-refractivity contribution >= 4 is 11.6 Å². The molecule has 28 heavy (non-hydrogen) atoms. The maximum Gasteiger partial charge on any atom is 0.416 e. The molecule has 3 rings (SSSR count). The fourth-order valence-corrected chi connectivity index (χ4v) is 2.92. The quantitative estimate of drug-likeness (QED) is 0.664. The summed E-state index contributed by atoms with van der Waals surface area (Å²) in [4.78, 5) is 12.1. The molecule has 0 saturated carbocycles. The molecule has 0 bridgehead atoms. The Hall–Kier alpha value is -3.09. The number of alkyl halides is 3. The van der Waals surface area contributed by atoms with Crippen molar-refractivity contribution in [3.63, 3.8) is 0 Å². The van der Waals surface area contributed by atoms with Gasteiger partial charge in [-0.2, -0.15) is 18.3 Å². The van der Waals surface area contributed by atoms with Crippen LogP contribution in [0.25, 0.3) is 5.69 Å². The number of nitrogens with one attached hydrogen (secondary N) is 1. The Bertz CT molecular complexity index is 958. The van der Waals surface area contributed by atoms with E-state index in [1.807, 2.05) is 48.9 Å². The monoisotopic (exact) mass is 387 g/mol. The highest BCUT2D eigenvalue weighted by molar-refractivity contribution is 5.90. The van der Waals surface area contributed by atoms with Crippen LogP contribution < -0.4 is 5.32 Å². The molecular formula is C21H20F3N3O. The van der Waals surface area contributed by atoms with Crippen LogP contribution in [0.5, 0.6) is 0 Å². The zero-order valence-corrected chi connectivity index (χ0v) is 15.5. The van der Waals surface area contributed by atoms with Gasteiger partial charge in [0, 0.05) is 17.8 Å². The Morgan fingerprint density at radius 2 is 1.68 bits per heavy atom. The van der Waals surface area contributed by atoms with Crippen molar-refractivity contribution in [2.45, 2.75) is 32.9 Å². The molecule has 0 aliphatic rings. The summed E-state index contributed by atoms with van der Waals surface area (Å²) < 4.78 is 39.5. The number of hydrogen-bond donors (Lipinski definition) is 1. The number of nitrogens with zero attached hydrogens (tertiary/aromatic N) is 2. The van der Waals surface area contributed by atoms with Crippen LogP contribution in [0.2, 0.25) is 0 Å². The fourth-order valence-electron chi connectivity index (χ4n) is 2.92. The van der Waals surface area contributed by atoms with E-state index in [4.69, 9.17) is 0 Å². The summed E-state index contributed by atoms with van der Waals surface area (Å²) in [6, 6.07) is 14.2. The van der Waals surface area contributed by atoms with E-state index < -0.39 is 11.7 Å². The van der Waals surface area contributed by atoms with Gasteiger partial charge in [-0.3, -0.25) is 4.79 Å². The second kappa shape index (κ2) is 7.88. The number of carbonyl (C=O) groups excluding carboxylic acids is 1. The predicted molar refractivity (Wildman–Crippen MR) is 101 cm³/mol. The first kappa shape index (κ1) is 19.7. The molecule has 0 atom stereocenters. The average Bonchev–Trinajstić information content (AvgIpc) is 2.98. The zero-order chi connectivity index (χ0) is 20.3. The lowest BCUT2D eigenvalue weighted by atomic mass is 10.1. The Morgan fingerprint density at radius 3 is 2.21 bits per heavy atom. The van der Waals surface area contributed by atoms with Gasteiger partial charge in [0.1, 0.15) is 0 Å². The minimum Gasteiger partial charge on any atom is -0.326 e. The number of benzene rings is 2. The second-order valence-electron chi connectivity index (χ2n) is 6.63. The van der Waals surface area contributed by atoms with E-state index in [1.165, 1.54) is 12.1 Å². The van der Waals surface area contributed by atoms with Gasteiger partial charge >= 0.3 is 6.18 Å². The number of halogens is 3. The number of anilines is 1. The summed E-state index contributed by atoms with van der Waals surface area (Å²) in [5.41, 5.74) is 3.53. The largest absolute Gasteiger partial charge is 0.416 e. The molecule has 1 heterocycles. The maximum atomic E-state index is 12.6. The molecule has 0 unspecified atom stereocenters. The van der Waals surface area contributed by atoms with Gasteiger partial charge in [0.25, 0.3) is 0 Å². The number of carbonyl (C=O) groups is 1. The van der Waals surface area contributed by atoms with Crippen LogP contribution in [0.15, 0.2) is 54.6 Å². The molecule has 0 spiro atoms. The van der Waals surface area contributed by atoms with Gasteiger partial charge in [-0.25, -0.2) is 4.68 Å². The smallest absolute Gasteiger partial charge is 0.326 e. The molecule has 146 valence electrons. The van der Waals surface area contributed by atoms with E-state index in [2.05, 4.69) is 10.4 Å². The Labute approximate surface area is 161 Å². The van der Waals surface area contributed by atoms with E-state index in [-0.39, 0.29) is 12.3 Å². The van der Waals surface area contributed by atoms with E-state index in [0.717, 1.165) is 34.8 Å². The standard InChI is InChI=1S/C21H20F3N3O/c1-14-13-15(2)27(26-14)19-10-3-16(4-11-19)5-12-20(28)25-18-8-6-17(7-9-18)21(22,23)24/h3-4,6-11,13H,5,12H2,1-2H3,(H,25,28). The summed E-state index contributed by atoms with van der Waals surface area (Å²) in [7, 11) is 0. The van der Waals surface area contributed by atoms with E-state index in [0.29, 0.717) is 12.1 Å². The summed E-state index contributed by atoms with van der Waals surface area (Å²) in [6.07, 6.45) is -3.62. The number of hydrogen-bond acceptors (Lipinski definition) is 2. The van der Waals surface area contributed by atoms with Crippen molar-refractivity contribution in [3.05, 3.63) is 77.1 Å². The Kier molecular flexibility index (Phi) is 5.53. The van der Waals surface area contributed by atoms with Gasteiger partial charge in [-0.1, -0.05) is 12.1 Å². The molecule has 0 fully saturated rings. The fraction of sp³-hybridized carbons (Fsp3) is 0.238. The minimum absolute atomic E-state index is 0.236. The summed E-state index contributed by atoms with van der Waals surface area (Å²) >= 11 is 0. The van der Waals surface area contributed by atoms with E-state index in [1.54, 1.807) is 0 Å². The maximum absolute atomic E-state index is 12.6. The zero-order valence-electron chi connectivity index (χ0n) is 15.5. The molecule has 0 aliphatic heterocycles. The van der Waals surface area contributed by atoms with Gasteiger partial charge in [-0.05, 0) is 68.3 Å². The van der Waals surface area contributed by atoms with Gasteiger partial charge < -0.3 is 5.32 Å². The Morgan fingerprint density at radius 1 is 1.04 bits per heavy atom. The molecule has 0 aliphatic carbocycles. The molecule has 3 aromatic rings. The van der Waals surface area contributed by atoms with Crippen molar-refractivity contribution in [1.29, 1.82) is 0 Å². The van der Waals surface area contributed by atoms with Crippen molar-refractivity contribution in [1.82, 2.24) is 9.78 Å². The third-order valence-corrected chi connectivity index (χ3v) is 4.33. The summed E-state index contributed by atoms with van der Waals surface area (Å²) in [5, 5.41) is 7.05. The van der Waals surface area contributed by atoms with Crippen LogP contribution in [0.1, 0.15) is 28.9 Å². The van der Waals surface area contributed by atoms with Gasteiger partial charge in [0.15, 0.2) is 0 Å². The molecule has 1 amide bonds. The lowest BCUT2D eigenvalue weighted by Crippen LogP contribution is -2.13. The SMILES string of the molecule is Cc1cc(C)n(-c2ccc(CCC(=O)Nc3ccc(C(F)(F)F)cc3)cc2)n1. The number of aryl methyl sites for hydroxylation is 3. The first-order chi connectivity index (χ1) is 13.2. The predicted octanol–water partition coefficient (Wildman–Crippen LogP) is 5.08. The number of rotatable bonds is 5. The highest BCUT2D eigenvalue weighted by atomic mass is 19.4. The highest BCUT2D eigenvalue weighted by Crippen LogP contribution is 2.29. The third-order valence-electron chi connectivity index (χ3n) is 4.33. The van der Waals surface area contributed by atoms with Gasteiger partial charge in [0.05, 0.1) is 16.9 Å². The molecular weight excluding hydrogens is 367 g/mol. The lowest BCUT2D eigenvalue weighted by Gasteiger charge is -2.09. The van der Waals surface area contributed by atoms with Gasteiger partial charge in [0.2, 0.25) is 5.91 Å². The first-order valence-electron chi connectivity index (χ1n) is 8.82. The van der Waals surface area contributed by atoms with Crippen LogP contribution in [-0.2, 0) is 17.4 Å². The van der Waals surface area contributed by atoms with E-state index >= 15 is 0 Å². The minimum atomic E-state index is -4.39. The molecule has 7 heteroatoms. The number of aromatic nitrogens is 2. The molecule has 0 radical (unpaired) electrons. The van der Waals surface area contributed by atoms with Crippen molar-refractivity contribution in [3.8, 4) is 5.69 Å². The van der Waals surface area contributed by atoms with Crippen LogP contribution in [0.3, 0.4) is 0 Å². The summed E-state index contributed by atoms with van der Waals surface area (Å²) in [6.45, 7) is 3.92. The van der Waals surface area contributed by atoms with Crippen LogP contribution in [0.4, 0.5) is 18.9 Å². The molecule has 4 nitrogen and oxygen atoms in total. The second-order valence-corrected chi connectivity index (χ2v) is 6.63. The number of amides is 1. The summed E-state index contributed by atoms with van der Waals surface area (Å²) in [5.74, 6) is -0.248. The average molecular weight is 387 g/mol. The normalized spacial score (nSPS) is 11.5. The van der Waals surface area contributed by atoms with Crippen LogP contribution in [0, 0.1) is 13.8 Å². The van der Waals surface area contributed by atoms with Crippen LogP contribution in [-0.4, -0.2) is 15.7 Å². The van der Waals surface area contributed by atoms with Crippen molar-refractivity contribution < 1.29 is 18.0 Å². The van der Waals surface area contributed by atoms with E-state index in [9.17, 15) is 18.0 Å². The van der Waals surface area contributed by atoms with Crippen molar-refractivity contribution in [2.24, 2.45) is 0 Å². The molecule has 0 saturated heterocycles. The highest BCUT2D eigenvalue weighted by Gasteiger charge is 2.29. The molecule has 1 aromatic heterocycles. The third kappa shape index (κ3) is 4.79. The van der Waals surface area contributed by atoms with Crippen molar-refractivity contribution in [2.75, 3.05) is 5.32 Å². The molecule has 1 N–H and O–H groups in total. The Balaban J connectivity index is 1.55. The lowest BCUT2D eigenvalue weighted by molar-refractivity contribution is -0.137. The van der Waals surface area contributed by atoms with Gasteiger partial charge in [-0.15, -0.1) is 0 Å². The first-order valence-corrected chi connectivity index (χ1v) is 8.82. The molecule has 2 aromatic carbocycles. The topological polar surface area (TPSA) is 46.9 Å².